The van der Waals surface area contributed by atoms with Gasteiger partial charge in [-0.1, -0.05) is 0 Å². The monoisotopic (exact) mass is 178 g/mol. The summed E-state index contributed by atoms with van der Waals surface area (Å²) in [6, 6.07) is 0. The predicted molar refractivity (Wildman–Crippen MR) is 50.7 cm³/mol. The molecule has 0 aliphatic rings. The van der Waals surface area contributed by atoms with Crippen molar-refractivity contribution in [3.05, 3.63) is 0 Å². The smallest absolute Gasteiger partial charge is 0.331 e. The Kier molecular flexibility index (Phi) is 8.47. The Morgan fingerprint density at radius 2 is 1.30 bits per heavy atom. The third-order valence-electron chi connectivity index (χ3n) is 0.984. The fourth-order valence-electron chi connectivity index (χ4n) is 0.737. The molecule has 0 aromatic carbocycles. The van der Waals surface area contributed by atoms with Gasteiger partial charge in [-0.25, -0.2) is 0 Å². The standard InChI is InChI=1S/C6H16O2Si.Al.3H/c1-5-7-9(3,4)8-6-2;;;;/h5-6H2,1-4H3;;;;. The van der Waals surface area contributed by atoms with Crippen LogP contribution in [-0.4, -0.2) is 39.1 Å². The van der Waals surface area contributed by atoms with E-state index in [-0.39, 0.29) is 17.4 Å². The maximum absolute atomic E-state index is 5.39. The van der Waals surface area contributed by atoms with Gasteiger partial charge in [0.15, 0.2) is 17.4 Å². The number of rotatable bonds is 4. The summed E-state index contributed by atoms with van der Waals surface area (Å²) in [4.78, 5) is 0. The Morgan fingerprint density at radius 1 is 1.00 bits per heavy atom. The molecule has 0 aromatic heterocycles. The average molecular weight is 178 g/mol. The quantitative estimate of drug-likeness (QED) is 0.586. The molecule has 0 heterocycles. The molecule has 0 aliphatic carbocycles. The maximum Gasteiger partial charge on any atom is 0.331 e. The van der Waals surface area contributed by atoms with E-state index in [1.54, 1.807) is 0 Å². The number of hydrogen-bond donors (Lipinski definition) is 0. The van der Waals surface area contributed by atoms with E-state index in [2.05, 4.69) is 13.1 Å². The molecule has 0 unspecified atom stereocenters. The first-order valence-electron chi connectivity index (χ1n) is 3.40. The fourth-order valence-corrected chi connectivity index (χ4v) is 2.21. The zero-order valence-electron chi connectivity index (χ0n) is 6.73. The maximum atomic E-state index is 5.39. The molecule has 0 fully saturated rings. The van der Waals surface area contributed by atoms with E-state index in [0.717, 1.165) is 13.2 Å². The van der Waals surface area contributed by atoms with Crippen molar-refractivity contribution in [3.8, 4) is 0 Å². The minimum Gasteiger partial charge on any atom is -0.395 e. The van der Waals surface area contributed by atoms with Gasteiger partial charge >= 0.3 is 8.56 Å². The van der Waals surface area contributed by atoms with Crippen LogP contribution in [-0.2, 0) is 8.85 Å². The predicted octanol–water partition coefficient (Wildman–Crippen LogP) is 0.577. The van der Waals surface area contributed by atoms with Gasteiger partial charge in [-0.2, -0.15) is 0 Å². The summed E-state index contributed by atoms with van der Waals surface area (Å²) in [6.07, 6.45) is 0. The van der Waals surface area contributed by atoms with Crippen molar-refractivity contribution < 1.29 is 8.85 Å². The minimum absolute atomic E-state index is 0. The second-order valence-corrected chi connectivity index (χ2v) is 5.64. The SMILES string of the molecule is CCO[Si](C)(C)OCC.[AlH3]. The Labute approximate surface area is 75.3 Å². The Morgan fingerprint density at radius 3 is 1.50 bits per heavy atom. The van der Waals surface area contributed by atoms with Gasteiger partial charge in [0.25, 0.3) is 0 Å². The van der Waals surface area contributed by atoms with Crippen molar-refractivity contribution in [2.45, 2.75) is 26.9 Å². The largest absolute Gasteiger partial charge is 0.395 e. The Bertz CT molecular complexity index is 70.1. The molecule has 0 radical (unpaired) electrons. The molecule has 2 nitrogen and oxygen atoms in total. The van der Waals surface area contributed by atoms with Gasteiger partial charge in [-0.3, -0.25) is 0 Å². The third-order valence-corrected chi connectivity index (χ3v) is 2.95. The van der Waals surface area contributed by atoms with Crippen LogP contribution in [0.5, 0.6) is 0 Å². The molecular formula is C6H19AlO2Si. The van der Waals surface area contributed by atoms with Gasteiger partial charge in [0.05, 0.1) is 0 Å². The zero-order chi connectivity index (χ0) is 7.33. The van der Waals surface area contributed by atoms with Crippen LogP contribution >= 0.6 is 0 Å². The van der Waals surface area contributed by atoms with Crippen molar-refractivity contribution in [2.75, 3.05) is 13.2 Å². The average Bonchev–Trinajstić information content (AvgIpc) is 1.64. The molecule has 4 heteroatoms. The first kappa shape index (κ1) is 13.3. The molecule has 0 aliphatic heterocycles. The second kappa shape index (κ2) is 6.38. The highest BCUT2D eigenvalue weighted by Gasteiger charge is 2.22. The van der Waals surface area contributed by atoms with Crippen molar-refractivity contribution in [1.82, 2.24) is 0 Å². The van der Waals surface area contributed by atoms with E-state index in [0.29, 0.717) is 0 Å². The first-order chi connectivity index (χ1) is 4.12. The summed E-state index contributed by atoms with van der Waals surface area (Å²) in [5, 5.41) is 0. The summed E-state index contributed by atoms with van der Waals surface area (Å²) < 4.78 is 10.8. The molecule has 0 spiro atoms. The Hall–Kier alpha value is 0.669. The molecule has 0 N–H and O–H groups in total. The molecule has 0 atom stereocenters. The molecule has 0 saturated carbocycles. The van der Waals surface area contributed by atoms with Gasteiger partial charge in [0.2, 0.25) is 0 Å². The van der Waals surface area contributed by atoms with Gasteiger partial charge in [-0.05, 0) is 26.9 Å². The molecule has 0 bridgehead atoms. The van der Waals surface area contributed by atoms with E-state index in [4.69, 9.17) is 8.85 Å². The molecule has 0 rings (SSSR count). The second-order valence-electron chi connectivity index (χ2n) is 2.27. The van der Waals surface area contributed by atoms with Crippen molar-refractivity contribution in [3.63, 3.8) is 0 Å². The summed E-state index contributed by atoms with van der Waals surface area (Å²) in [7, 11) is -1.70. The molecule has 0 aromatic rings. The zero-order valence-corrected chi connectivity index (χ0v) is 7.73. The van der Waals surface area contributed by atoms with E-state index in [1.165, 1.54) is 0 Å². The van der Waals surface area contributed by atoms with Crippen LogP contribution in [0, 0.1) is 0 Å². The lowest BCUT2D eigenvalue weighted by atomic mass is 10.9. The molecular weight excluding hydrogens is 159 g/mol. The van der Waals surface area contributed by atoms with E-state index >= 15 is 0 Å². The van der Waals surface area contributed by atoms with Crippen LogP contribution in [0.1, 0.15) is 13.8 Å². The lowest BCUT2D eigenvalue weighted by Gasteiger charge is -2.20. The summed E-state index contributed by atoms with van der Waals surface area (Å²) in [6.45, 7) is 9.62. The van der Waals surface area contributed by atoms with Crippen LogP contribution < -0.4 is 0 Å². The highest BCUT2D eigenvalue weighted by atomic mass is 28.4. The summed E-state index contributed by atoms with van der Waals surface area (Å²) in [5.74, 6) is 0. The molecule has 10 heavy (non-hydrogen) atoms. The highest BCUT2D eigenvalue weighted by Crippen LogP contribution is 2.04. The van der Waals surface area contributed by atoms with Gasteiger partial charge < -0.3 is 8.85 Å². The van der Waals surface area contributed by atoms with Crippen LogP contribution in [0.4, 0.5) is 0 Å². The van der Waals surface area contributed by atoms with Gasteiger partial charge in [0.1, 0.15) is 0 Å². The molecule has 62 valence electrons. The fraction of sp³-hybridized carbons (Fsp3) is 1.00. The summed E-state index contributed by atoms with van der Waals surface area (Å²) in [5.41, 5.74) is 0. The molecule has 0 saturated heterocycles. The van der Waals surface area contributed by atoms with Crippen molar-refractivity contribution >= 4 is 25.9 Å². The first-order valence-corrected chi connectivity index (χ1v) is 6.22. The van der Waals surface area contributed by atoms with Crippen LogP contribution in [0.3, 0.4) is 0 Å². The van der Waals surface area contributed by atoms with Gasteiger partial charge in [-0.15, -0.1) is 0 Å². The Balaban J connectivity index is 0. The normalized spacial score (nSPS) is 10.8. The van der Waals surface area contributed by atoms with Gasteiger partial charge in [0, 0.05) is 13.2 Å². The topological polar surface area (TPSA) is 18.5 Å². The number of hydrogen-bond acceptors (Lipinski definition) is 2. The molecule has 0 amide bonds. The van der Waals surface area contributed by atoms with Crippen molar-refractivity contribution in [1.29, 1.82) is 0 Å². The third kappa shape index (κ3) is 6.78. The van der Waals surface area contributed by atoms with E-state index < -0.39 is 8.56 Å². The van der Waals surface area contributed by atoms with E-state index in [1.807, 2.05) is 13.8 Å². The van der Waals surface area contributed by atoms with Crippen LogP contribution in [0.25, 0.3) is 0 Å². The lowest BCUT2D eigenvalue weighted by Crippen LogP contribution is -2.34. The summed E-state index contributed by atoms with van der Waals surface area (Å²) >= 11 is 0. The highest BCUT2D eigenvalue weighted by molar-refractivity contribution is 6.64. The minimum atomic E-state index is -1.70. The van der Waals surface area contributed by atoms with Crippen LogP contribution in [0.2, 0.25) is 13.1 Å². The van der Waals surface area contributed by atoms with Crippen LogP contribution in [0.15, 0.2) is 0 Å². The lowest BCUT2D eigenvalue weighted by molar-refractivity contribution is 0.196. The van der Waals surface area contributed by atoms with Crippen molar-refractivity contribution in [2.24, 2.45) is 0 Å². The van der Waals surface area contributed by atoms with E-state index in [9.17, 15) is 0 Å².